The smallest absolute Gasteiger partial charge is 0.00765 e. The fourth-order valence-corrected chi connectivity index (χ4v) is 15.1. The summed E-state index contributed by atoms with van der Waals surface area (Å²) in [5, 5.41) is 0. The molecule has 310 valence electrons. The molecule has 1 aliphatic carbocycles. The van der Waals surface area contributed by atoms with E-state index < -0.39 is 0 Å². The summed E-state index contributed by atoms with van der Waals surface area (Å²) >= 11 is 0. The molecular weight excluding hydrogens is 625 g/mol. The van der Waals surface area contributed by atoms with Gasteiger partial charge in [-0.15, -0.1) is 0 Å². The van der Waals surface area contributed by atoms with Crippen molar-refractivity contribution in [1.82, 2.24) is 0 Å². The van der Waals surface area contributed by atoms with Crippen LogP contribution in [0.3, 0.4) is 0 Å². The first-order valence-corrected chi connectivity index (χ1v) is 21.7. The van der Waals surface area contributed by atoms with Gasteiger partial charge in [-0.2, -0.15) is 0 Å². The van der Waals surface area contributed by atoms with Gasteiger partial charge in [0.15, 0.2) is 0 Å². The number of hydrogen-bond acceptors (Lipinski definition) is 0. The van der Waals surface area contributed by atoms with Crippen LogP contribution in [0.25, 0.3) is 0 Å². The Hall–Kier alpha value is -0.260. The third-order valence-corrected chi connectivity index (χ3v) is 23.0. The van der Waals surface area contributed by atoms with Gasteiger partial charge in [0.05, 0.1) is 0 Å². The van der Waals surface area contributed by atoms with Crippen molar-refractivity contribution in [3.63, 3.8) is 0 Å². The summed E-state index contributed by atoms with van der Waals surface area (Å²) in [4.78, 5) is 0. The summed E-state index contributed by atoms with van der Waals surface area (Å²) in [6.07, 6.45) is 1.16. The van der Waals surface area contributed by atoms with Gasteiger partial charge in [0.1, 0.15) is 0 Å². The van der Waals surface area contributed by atoms with Crippen molar-refractivity contribution >= 4 is 0 Å². The van der Waals surface area contributed by atoms with E-state index in [0.29, 0.717) is 11.8 Å². The van der Waals surface area contributed by atoms with Gasteiger partial charge < -0.3 is 0 Å². The van der Waals surface area contributed by atoms with Crippen LogP contribution in [-0.4, -0.2) is 0 Å². The molecule has 0 heteroatoms. The number of hydrogen-bond donors (Lipinski definition) is 0. The molecule has 0 N–H and O–H groups in total. The van der Waals surface area contributed by atoms with Crippen molar-refractivity contribution in [2.75, 3.05) is 0 Å². The fraction of sp³-hybridized carbons (Fsp3) is 0.962. The van der Waals surface area contributed by atoms with Crippen molar-refractivity contribution in [2.45, 2.75) is 228 Å². The molecule has 1 rings (SSSR count). The maximum atomic E-state index is 5.15. The topological polar surface area (TPSA) is 0 Å². The third-order valence-electron chi connectivity index (χ3n) is 23.0. The average Bonchev–Trinajstić information content (AvgIpc) is 2.92. The van der Waals surface area contributed by atoms with Crippen molar-refractivity contribution in [2.24, 2.45) is 93.1 Å². The van der Waals surface area contributed by atoms with Crippen LogP contribution in [0.15, 0.2) is 12.2 Å². The molecule has 0 aromatic rings. The first-order valence-electron chi connectivity index (χ1n) is 21.7. The second-order valence-electron chi connectivity index (χ2n) is 27.2. The predicted octanol–water partition coefficient (Wildman–Crippen LogP) is 17.6. The highest BCUT2D eigenvalue weighted by atomic mass is 14.9. The van der Waals surface area contributed by atoms with Crippen LogP contribution >= 0.6 is 0 Å². The second-order valence-corrected chi connectivity index (χ2v) is 27.2. The lowest BCUT2D eigenvalue weighted by molar-refractivity contribution is -0.418. The van der Waals surface area contributed by atoms with Gasteiger partial charge in [-0.25, -0.2) is 0 Å². The molecule has 5 atom stereocenters. The lowest BCUT2D eigenvalue weighted by atomic mass is 9.15. The van der Waals surface area contributed by atoms with E-state index in [1.54, 1.807) is 0 Å². The summed E-state index contributed by atoms with van der Waals surface area (Å²) in [6.45, 7) is 87.6. The molecule has 0 amide bonds. The molecule has 0 aromatic carbocycles. The van der Waals surface area contributed by atoms with Crippen LogP contribution in [0.4, 0.5) is 0 Å². The number of allylic oxidation sites excluding steroid dienone is 1. The maximum absolute atomic E-state index is 5.15. The molecule has 0 radical (unpaired) electrons. The molecular formula is C52H102. The van der Waals surface area contributed by atoms with E-state index in [0.717, 1.165) is 6.42 Å². The second kappa shape index (κ2) is 12.6. The van der Waals surface area contributed by atoms with Gasteiger partial charge in [-0.3, -0.25) is 0 Å². The van der Waals surface area contributed by atoms with Crippen molar-refractivity contribution in [3.05, 3.63) is 12.2 Å². The highest BCUT2D eigenvalue weighted by Gasteiger charge is 2.86. The van der Waals surface area contributed by atoms with Gasteiger partial charge in [0, 0.05) is 0 Å². The predicted molar refractivity (Wildman–Crippen MR) is 239 cm³/mol. The van der Waals surface area contributed by atoms with E-state index >= 15 is 0 Å². The van der Waals surface area contributed by atoms with Crippen molar-refractivity contribution in [3.8, 4) is 0 Å². The van der Waals surface area contributed by atoms with Gasteiger partial charge in [-0.05, 0) is 99.5 Å². The Morgan fingerprint density at radius 3 is 1.17 bits per heavy atom. The fourth-order valence-electron chi connectivity index (χ4n) is 15.1. The van der Waals surface area contributed by atoms with Crippen molar-refractivity contribution in [1.29, 1.82) is 0 Å². The molecule has 0 aromatic heterocycles. The minimum Gasteiger partial charge on any atom is -0.0990 e. The standard InChI is InChI=1S/C52H102/c1-34-50(32,45(22,23)39(8,9)10)49(30,31)52(40(11,12)13)43(18,19)37(4)51(52,33)47(26,27)42(16,17)36(3)35(2)41(14,15)46(24,25)48(28,29)44(20,21)38(5,6)7/h36-37H,2,34H2,1,3-33H3/t36-,37+,50-,51+,52+/m1/s1. The molecule has 0 spiro atoms. The SMILES string of the molecule is C=C([C@@H](C)C(C)(C)C(C)(C)[C@]1(C)[C@@H](C)C(C)(C)[C@@]1(C(C)(C)C)C(C)(C)[C@](C)(CC)C(C)(C)C(C)(C)C)C(C)(C)C(C)(C)C(C)(C)C(C)(C)C(C)(C)C. The molecule has 1 aliphatic rings. The lowest BCUT2D eigenvalue weighted by Crippen LogP contribution is -2.84. The van der Waals surface area contributed by atoms with E-state index in [2.05, 4.69) is 222 Å². The van der Waals surface area contributed by atoms with Gasteiger partial charge in [0.25, 0.3) is 0 Å². The Bertz CT molecular complexity index is 1310. The molecule has 0 nitrogen and oxygen atoms in total. The number of rotatable bonds is 12. The Balaban J connectivity index is 4.32. The molecule has 52 heavy (non-hydrogen) atoms. The molecule has 0 saturated heterocycles. The van der Waals surface area contributed by atoms with E-state index in [4.69, 9.17) is 6.58 Å². The van der Waals surface area contributed by atoms with Gasteiger partial charge >= 0.3 is 0 Å². The first-order chi connectivity index (χ1) is 22.0. The van der Waals surface area contributed by atoms with E-state index in [1.165, 1.54) is 5.57 Å². The highest BCUT2D eigenvalue weighted by Crippen LogP contribution is 2.91. The highest BCUT2D eigenvalue weighted by molar-refractivity contribution is 5.34. The maximum Gasteiger partial charge on any atom is -0.00765 e. The van der Waals surface area contributed by atoms with Crippen LogP contribution in [0.1, 0.15) is 228 Å². The summed E-state index contributed by atoms with van der Waals surface area (Å²) < 4.78 is 0. The molecule has 0 heterocycles. The summed E-state index contributed by atoms with van der Waals surface area (Å²) in [5.74, 6) is 0.838. The quantitative estimate of drug-likeness (QED) is 0.176. The molecule has 0 bridgehead atoms. The molecule has 1 fully saturated rings. The lowest BCUT2D eigenvalue weighted by Gasteiger charge is -2.89. The molecule has 1 saturated carbocycles. The minimum absolute atomic E-state index is 0.00202. The summed E-state index contributed by atoms with van der Waals surface area (Å²) in [6, 6.07) is 0. The first kappa shape index (κ1) is 49.8. The summed E-state index contributed by atoms with van der Waals surface area (Å²) in [7, 11) is 0. The van der Waals surface area contributed by atoms with Crippen LogP contribution in [0, 0.1) is 93.1 Å². The minimum atomic E-state index is -0.102. The van der Waals surface area contributed by atoms with Gasteiger partial charge in [0.2, 0.25) is 0 Å². The van der Waals surface area contributed by atoms with Crippen LogP contribution < -0.4 is 0 Å². The van der Waals surface area contributed by atoms with Crippen LogP contribution in [0.5, 0.6) is 0 Å². The Kier molecular flexibility index (Phi) is 12.1. The molecule has 0 unspecified atom stereocenters. The third kappa shape index (κ3) is 5.41. The monoisotopic (exact) mass is 727 g/mol. The zero-order valence-corrected chi connectivity index (χ0v) is 42.6. The molecule has 0 aliphatic heterocycles. The van der Waals surface area contributed by atoms with Crippen LogP contribution in [-0.2, 0) is 0 Å². The van der Waals surface area contributed by atoms with Gasteiger partial charge in [-0.1, -0.05) is 234 Å². The zero-order chi connectivity index (χ0) is 42.9. The van der Waals surface area contributed by atoms with Crippen molar-refractivity contribution < 1.29 is 0 Å². The van der Waals surface area contributed by atoms with E-state index in [-0.39, 0.29) is 81.2 Å². The average molecular weight is 727 g/mol. The zero-order valence-electron chi connectivity index (χ0n) is 42.6. The Labute approximate surface area is 332 Å². The van der Waals surface area contributed by atoms with E-state index in [9.17, 15) is 0 Å². The summed E-state index contributed by atoms with van der Waals surface area (Å²) in [5.41, 5.74) is 2.00. The Morgan fingerprint density at radius 1 is 0.538 bits per heavy atom. The van der Waals surface area contributed by atoms with Crippen LogP contribution in [0.2, 0.25) is 0 Å². The largest absolute Gasteiger partial charge is 0.0990 e. The van der Waals surface area contributed by atoms with E-state index in [1.807, 2.05) is 0 Å². The normalized spacial score (nSPS) is 26.8. The Morgan fingerprint density at radius 2 is 0.885 bits per heavy atom.